The molecule has 7 heteroatoms. The lowest BCUT2D eigenvalue weighted by molar-refractivity contribution is -0.122. The number of nitrogens with one attached hydrogen (secondary N) is 1. The van der Waals surface area contributed by atoms with Gasteiger partial charge >= 0.3 is 0 Å². The van der Waals surface area contributed by atoms with Crippen molar-refractivity contribution in [3.05, 3.63) is 0 Å². The number of amides is 1. The molecule has 21 heavy (non-hydrogen) atoms. The first kappa shape index (κ1) is 20.0. The number of Topliss-reactive ketones (excluding diaryl/α,β-unsaturated/α-hetero) is 1. The third-order valence-electron chi connectivity index (χ3n) is 2.44. The molecule has 0 rings (SSSR count). The van der Waals surface area contributed by atoms with Crippen molar-refractivity contribution in [2.75, 3.05) is 59.9 Å². The fourth-order valence-electron chi connectivity index (χ4n) is 1.30. The lowest BCUT2D eigenvalue weighted by atomic mass is 10.3. The van der Waals surface area contributed by atoms with E-state index in [2.05, 4.69) is 5.32 Å². The standard InChI is InChI=1S/C14H27NO6/c1-13(16)3-6-19-11-12-21-8-5-15-14(17)4-7-20-10-9-18-2/h3-12H2,1-2H3,(H,15,17). The Morgan fingerprint density at radius 3 is 2.00 bits per heavy atom. The van der Waals surface area contributed by atoms with Gasteiger partial charge in [0.25, 0.3) is 0 Å². The lowest BCUT2D eigenvalue weighted by Crippen LogP contribution is -2.28. The van der Waals surface area contributed by atoms with Crippen LogP contribution in [-0.4, -0.2) is 71.6 Å². The summed E-state index contributed by atoms with van der Waals surface area (Å²) in [4.78, 5) is 22.0. The minimum atomic E-state index is -0.0614. The zero-order valence-corrected chi connectivity index (χ0v) is 13.0. The summed E-state index contributed by atoms with van der Waals surface area (Å²) in [6.07, 6.45) is 0.764. The van der Waals surface area contributed by atoms with E-state index in [0.29, 0.717) is 65.6 Å². The van der Waals surface area contributed by atoms with E-state index >= 15 is 0 Å². The summed E-state index contributed by atoms with van der Waals surface area (Å²) >= 11 is 0. The van der Waals surface area contributed by atoms with Crippen molar-refractivity contribution in [3.63, 3.8) is 0 Å². The molecule has 0 aromatic heterocycles. The molecule has 0 aromatic rings. The number of ketones is 1. The molecule has 0 aliphatic heterocycles. The first-order valence-electron chi connectivity index (χ1n) is 7.15. The normalized spacial score (nSPS) is 10.6. The number of carbonyl (C=O) groups excluding carboxylic acids is 2. The van der Waals surface area contributed by atoms with Crippen LogP contribution in [0, 0.1) is 0 Å². The maximum Gasteiger partial charge on any atom is 0.222 e. The van der Waals surface area contributed by atoms with Crippen LogP contribution in [0.4, 0.5) is 0 Å². The van der Waals surface area contributed by atoms with Crippen LogP contribution >= 0.6 is 0 Å². The molecule has 1 amide bonds. The van der Waals surface area contributed by atoms with Gasteiger partial charge in [-0.25, -0.2) is 0 Å². The van der Waals surface area contributed by atoms with E-state index in [1.807, 2.05) is 0 Å². The highest BCUT2D eigenvalue weighted by Crippen LogP contribution is 1.86. The molecular formula is C14H27NO6. The molecule has 7 nitrogen and oxygen atoms in total. The Kier molecular flexibility index (Phi) is 14.6. The van der Waals surface area contributed by atoms with Gasteiger partial charge in [-0.1, -0.05) is 0 Å². The molecule has 0 bridgehead atoms. The fourth-order valence-corrected chi connectivity index (χ4v) is 1.30. The van der Waals surface area contributed by atoms with Crippen molar-refractivity contribution in [2.24, 2.45) is 0 Å². The summed E-state index contributed by atoms with van der Waals surface area (Å²) in [5, 5.41) is 2.73. The van der Waals surface area contributed by atoms with Crippen LogP contribution in [0.2, 0.25) is 0 Å². The second-order valence-corrected chi connectivity index (χ2v) is 4.38. The van der Waals surface area contributed by atoms with Gasteiger partial charge in [0, 0.05) is 26.5 Å². The molecule has 0 radical (unpaired) electrons. The molecule has 0 aliphatic carbocycles. The van der Waals surface area contributed by atoms with Gasteiger partial charge in [-0.15, -0.1) is 0 Å². The van der Waals surface area contributed by atoms with Crippen molar-refractivity contribution < 1.29 is 28.5 Å². The van der Waals surface area contributed by atoms with Crippen LogP contribution < -0.4 is 5.32 Å². The van der Waals surface area contributed by atoms with Gasteiger partial charge in [0.2, 0.25) is 5.91 Å². The van der Waals surface area contributed by atoms with Crippen molar-refractivity contribution in [3.8, 4) is 0 Å². The van der Waals surface area contributed by atoms with E-state index in [1.54, 1.807) is 7.11 Å². The van der Waals surface area contributed by atoms with E-state index < -0.39 is 0 Å². The number of ether oxygens (including phenoxy) is 4. The van der Waals surface area contributed by atoms with E-state index in [-0.39, 0.29) is 11.7 Å². The Balaban J connectivity index is 3.16. The lowest BCUT2D eigenvalue weighted by Gasteiger charge is -2.07. The zero-order valence-electron chi connectivity index (χ0n) is 13.0. The predicted molar refractivity (Wildman–Crippen MR) is 77.3 cm³/mol. The second kappa shape index (κ2) is 15.4. The van der Waals surface area contributed by atoms with E-state index in [9.17, 15) is 9.59 Å². The SMILES string of the molecule is COCCOCCC(=O)NCCOCCOCCC(C)=O. The van der Waals surface area contributed by atoms with Crippen molar-refractivity contribution in [1.29, 1.82) is 0 Å². The molecule has 124 valence electrons. The van der Waals surface area contributed by atoms with Crippen LogP contribution in [0.15, 0.2) is 0 Å². The van der Waals surface area contributed by atoms with Gasteiger partial charge in [-0.2, -0.15) is 0 Å². The Morgan fingerprint density at radius 1 is 0.810 bits per heavy atom. The van der Waals surface area contributed by atoms with Gasteiger partial charge in [0.1, 0.15) is 5.78 Å². The zero-order chi connectivity index (χ0) is 15.8. The third kappa shape index (κ3) is 16.9. The van der Waals surface area contributed by atoms with Crippen LogP contribution in [0.1, 0.15) is 19.8 Å². The Bertz CT molecular complexity index is 272. The monoisotopic (exact) mass is 305 g/mol. The average Bonchev–Trinajstić information content (AvgIpc) is 2.45. The molecule has 0 aromatic carbocycles. The highest BCUT2D eigenvalue weighted by molar-refractivity contribution is 5.76. The maximum absolute atomic E-state index is 11.4. The molecule has 0 spiro atoms. The quantitative estimate of drug-likeness (QED) is 0.434. The van der Waals surface area contributed by atoms with E-state index in [4.69, 9.17) is 18.9 Å². The van der Waals surface area contributed by atoms with Crippen LogP contribution in [0.5, 0.6) is 0 Å². The minimum absolute atomic E-state index is 0.0614. The summed E-state index contributed by atoms with van der Waals surface area (Å²) < 4.78 is 20.5. The van der Waals surface area contributed by atoms with E-state index in [0.717, 1.165) is 0 Å². The van der Waals surface area contributed by atoms with Gasteiger partial charge in [-0.3, -0.25) is 9.59 Å². The molecule has 0 aliphatic rings. The molecule has 1 N–H and O–H groups in total. The predicted octanol–water partition coefficient (Wildman–Crippen LogP) is 0.168. The number of hydrogen-bond acceptors (Lipinski definition) is 6. The summed E-state index contributed by atoms with van der Waals surface area (Å²) in [5.74, 6) is 0.0542. The third-order valence-corrected chi connectivity index (χ3v) is 2.44. The highest BCUT2D eigenvalue weighted by Gasteiger charge is 2.00. The van der Waals surface area contributed by atoms with Gasteiger partial charge < -0.3 is 24.3 Å². The molecule has 0 heterocycles. The smallest absolute Gasteiger partial charge is 0.222 e. The van der Waals surface area contributed by atoms with Crippen LogP contribution in [0.25, 0.3) is 0 Å². The van der Waals surface area contributed by atoms with E-state index in [1.165, 1.54) is 6.92 Å². The first-order chi connectivity index (χ1) is 10.2. The van der Waals surface area contributed by atoms with Crippen LogP contribution in [0.3, 0.4) is 0 Å². The number of hydrogen-bond donors (Lipinski definition) is 1. The van der Waals surface area contributed by atoms with Crippen molar-refractivity contribution >= 4 is 11.7 Å². The molecule has 0 atom stereocenters. The molecule has 0 saturated heterocycles. The maximum atomic E-state index is 11.4. The Labute approximate surface area is 126 Å². The second-order valence-electron chi connectivity index (χ2n) is 4.38. The van der Waals surface area contributed by atoms with Gasteiger partial charge in [0.05, 0.1) is 46.2 Å². The summed E-state index contributed by atoms with van der Waals surface area (Å²) in [7, 11) is 1.60. The molecule has 0 fully saturated rings. The van der Waals surface area contributed by atoms with Gasteiger partial charge in [0.15, 0.2) is 0 Å². The summed E-state index contributed by atoms with van der Waals surface area (Å²) in [6.45, 7) is 5.18. The number of carbonyl (C=O) groups is 2. The van der Waals surface area contributed by atoms with Gasteiger partial charge in [-0.05, 0) is 6.92 Å². The number of methoxy groups -OCH3 is 1. The topological polar surface area (TPSA) is 83.1 Å². The highest BCUT2D eigenvalue weighted by atomic mass is 16.5. The Hall–Kier alpha value is -1.02. The largest absolute Gasteiger partial charge is 0.382 e. The number of rotatable bonds is 15. The first-order valence-corrected chi connectivity index (χ1v) is 7.15. The molecule has 0 unspecified atom stereocenters. The summed E-state index contributed by atoms with van der Waals surface area (Å²) in [5.41, 5.74) is 0. The average molecular weight is 305 g/mol. The molecular weight excluding hydrogens is 278 g/mol. The molecule has 0 saturated carbocycles. The van der Waals surface area contributed by atoms with Crippen LogP contribution in [-0.2, 0) is 28.5 Å². The van der Waals surface area contributed by atoms with Crippen molar-refractivity contribution in [1.82, 2.24) is 5.32 Å². The Morgan fingerprint density at radius 2 is 1.38 bits per heavy atom. The minimum Gasteiger partial charge on any atom is -0.382 e. The van der Waals surface area contributed by atoms with Crippen molar-refractivity contribution in [2.45, 2.75) is 19.8 Å². The summed E-state index contributed by atoms with van der Waals surface area (Å²) in [6, 6.07) is 0. The fraction of sp³-hybridized carbons (Fsp3) is 0.857.